The number of nitrogens with zero attached hydrogens (tertiary/aromatic N) is 2. The summed E-state index contributed by atoms with van der Waals surface area (Å²) in [5.74, 6) is 0.424. The summed E-state index contributed by atoms with van der Waals surface area (Å²) in [5.41, 5.74) is 6.18. The van der Waals surface area contributed by atoms with Gasteiger partial charge in [0.1, 0.15) is 0 Å². The molecule has 1 atom stereocenters. The molecule has 0 saturated carbocycles. The van der Waals surface area contributed by atoms with Crippen molar-refractivity contribution >= 4 is 11.0 Å². The maximum absolute atomic E-state index is 4.43. The highest BCUT2D eigenvalue weighted by molar-refractivity contribution is 5.98. The van der Waals surface area contributed by atoms with E-state index in [1.54, 1.807) is 0 Å². The topological polar surface area (TPSA) is 41.6 Å². The molecule has 1 N–H and O–H groups in total. The van der Waals surface area contributed by atoms with Crippen LogP contribution in [0.5, 0.6) is 0 Å². The van der Waals surface area contributed by atoms with Crippen LogP contribution in [-0.4, -0.2) is 15.2 Å². The van der Waals surface area contributed by atoms with Gasteiger partial charge in [0.2, 0.25) is 0 Å². The van der Waals surface area contributed by atoms with Crippen molar-refractivity contribution in [3.05, 3.63) is 47.8 Å². The zero-order valence-electron chi connectivity index (χ0n) is 9.44. The van der Waals surface area contributed by atoms with E-state index in [9.17, 15) is 0 Å². The number of fused-ring (bicyclic) bond motifs is 5. The van der Waals surface area contributed by atoms with Gasteiger partial charge in [-0.3, -0.25) is 5.10 Å². The predicted octanol–water partition coefficient (Wildman–Crippen LogP) is 3.09. The lowest BCUT2D eigenvalue weighted by molar-refractivity contribution is 0.948. The molecule has 1 aliphatic rings. The molecule has 1 aliphatic carbocycles. The lowest BCUT2D eigenvalue weighted by Gasteiger charge is -2.04. The summed E-state index contributed by atoms with van der Waals surface area (Å²) in [4.78, 5) is 4.43. The molecular weight excluding hydrogens is 210 g/mol. The first-order valence-corrected chi connectivity index (χ1v) is 5.77. The van der Waals surface area contributed by atoms with Crippen molar-refractivity contribution in [2.24, 2.45) is 0 Å². The molecule has 2 heterocycles. The fraction of sp³-hybridized carbons (Fsp3) is 0.143. The summed E-state index contributed by atoms with van der Waals surface area (Å²) < 4.78 is 0. The molecule has 0 fully saturated rings. The molecule has 0 aliphatic heterocycles. The van der Waals surface area contributed by atoms with Crippen LogP contribution < -0.4 is 0 Å². The zero-order chi connectivity index (χ0) is 11.4. The van der Waals surface area contributed by atoms with E-state index < -0.39 is 0 Å². The molecule has 0 saturated heterocycles. The molecule has 3 heteroatoms. The van der Waals surface area contributed by atoms with Gasteiger partial charge in [-0.15, -0.1) is 0 Å². The van der Waals surface area contributed by atoms with Crippen LogP contribution in [0.25, 0.3) is 22.2 Å². The Labute approximate surface area is 98.5 Å². The first kappa shape index (κ1) is 8.93. The summed E-state index contributed by atoms with van der Waals surface area (Å²) in [6, 6.07) is 8.57. The van der Waals surface area contributed by atoms with Crippen LogP contribution in [0.15, 0.2) is 36.7 Å². The Morgan fingerprint density at radius 1 is 1.12 bits per heavy atom. The minimum atomic E-state index is 0.424. The van der Waals surface area contributed by atoms with Gasteiger partial charge < -0.3 is 0 Å². The molecule has 3 nitrogen and oxygen atoms in total. The highest BCUT2D eigenvalue weighted by Crippen LogP contribution is 2.46. The van der Waals surface area contributed by atoms with E-state index in [4.69, 9.17) is 0 Å². The first-order chi connectivity index (χ1) is 8.36. The molecule has 1 aromatic carbocycles. The average Bonchev–Trinajstić information content (AvgIpc) is 2.93. The smallest absolute Gasteiger partial charge is 0.155 e. The standard InChI is InChI=1S/C14H11N3/c1-8-9-4-2-3-5-10(9)13-11(8)6-15-14-12(13)7-16-17-14/h2-8H,1H3,(H,15,16,17). The fourth-order valence-electron chi connectivity index (χ4n) is 2.81. The van der Waals surface area contributed by atoms with Crippen molar-refractivity contribution in [2.75, 3.05) is 0 Å². The van der Waals surface area contributed by atoms with Gasteiger partial charge in [-0.05, 0) is 22.3 Å². The maximum Gasteiger partial charge on any atom is 0.155 e. The summed E-state index contributed by atoms with van der Waals surface area (Å²) in [5, 5.41) is 8.15. The molecule has 2 aromatic heterocycles. The van der Waals surface area contributed by atoms with E-state index in [2.05, 4.69) is 46.4 Å². The third-order valence-corrected chi connectivity index (χ3v) is 3.67. The quantitative estimate of drug-likeness (QED) is 0.633. The molecule has 0 amide bonds. The number of aromatic amines is 1. The maximum atomic E-state index is 4.43. The molecule has 0 radical (unpaired) electrons. The summed E-state index contributed by atoms with van der Waals surface area (Å²) in [6.07, 6.45) is 3.84. The summed E-state index contributed by atoms with van der Waals surface area (Å²) in [7, 11) is 0. The predicted molar refractivity (Wildman–Crippen MR) is 66.8 cm³/mol. The fourth-order valence-corrected chi connectivity index (χ4v) is 2.81. The number of nitrogens with one attached hydrogen (secondary N) is 1. The molecule has 17 heavy (non-hydrogen) atoms. The second-order valence-electron chi connectivity index (χ2n) is 4.53. The van der Waals surface area contributed by atoms with Gasteiger partial charge >= 0.3 is 0 Å². The Morgan fingerprint density at radius 3 is 2.94 bits per heavy atom. The molecule has 3 aromatic rings. The van der Waals surface area contributed by atoms with Crippen LogP contribution in [0.2, 0.25) is 0 Å². The van der Waals surface area contributed by atoms with E-state index in [0.29, 0.717) is 5.92 Å². The number of hydrogen-bond acceptors (Lipinski definition) is 2. The Balaban J connectivity index is 2.20. The Morgan fingerprint density at radius 2 is 2.00 bits per heavy atom. The van der Waals surface area contributed by atoms with Crippen molar-refractivity contribution in [1.29, 1.82) is 0 Å². The van der Waals surface area contributed by atoms with Gasteiger partial charge in [0.25, 0.3) is 0 Å². The van der Waals surface area contributed by atoms with Crippen molar-refractivity contribution in [2.45, 2.75) is 12.8 Å². The molecule has 4 rings (SSSR count). The SMILES string of the molecule is CC1c2ccccc2-c2c1cnc1[nH]ncc21. The van der Waals surface area contributed by atoms with Crippen LogP contribution in [-0.2, 0) is 0 Å². The number of pyridine rings is 1. The molecule has 0 spiro atoms. The van der Waals surface area contributed by atoms with Crippen molar-refractivity contribution in [1.82, 2.24) is 15.2 Å². The molecule has 82 valence electrons. The van der Waals surface area contributed by atoms with Gasteiger partial charge in [0, 0.05) is 17.5 Å². The third kappa shape index (κ3) is 1.01. The van der Waals surface area contributed by atoms with Crippen LogP contribution in [0.1, 0.15) is 24.0 Å². The lowest BCUT2D eigenvalue weighted by Crippen LogP contribution is -1.90. The first-order valence-electron chi connectivity index (χ1n) is 5.77. The minimum Gasteiger partial charge on any atom is -0.261 e. The molecule has 0 bridgehead atoms. The second-order valence-corrected chi connectivity index (χ2v) is 4.53. The minimum absolute atomic E-state index is 0.424. The average molecular weight is 221 g/mol. The number of rotatable bonds is 0. The highest BCUT2D eigenvalue weighted by Gasteiger charge is 2.27. The Kier molecular flexibility index (Phi) is 1.55. The van der Waals surface area contributed by atoms with Crippen LogP contribution >= 0.6 is 0 Å². The number of hydrogen-bond donors (Lipinski definition) is 1. The van der Waals surface area contributed by atoms with Gasteiger partial charge in [0.15, 0.2) is 5.65 Å². The summed E-state index contributed by atoms with van der Waals surface area (Å²) >= 11 is 0. The van der Waals surface area contributed by atoms with Gasteiger partial charge in [0.05, 0.1) is 6.20 Å². The highest BCUT2D eigenvalue weighted by atomic mass is 15.1. The Hall–Kier alpha value is -2.16. The lowest BCUT2D eigenvalue weighted by atomic mass is 10.0. The Bertz CT molecular complexity index is 727. The van der Waals surface area contributed by atoms with E-state index in [1.165, 1.54) is 22.3 Å². The van der Waals surface area contributed by atoms with Crippen molar-refractivity contribution in [3.8, 4) is 11.1 Å². The third-order valence-electron chi connectivity index (χ3n) is 3.67. The van der Waals surface area contributed by atoms with E-state index in [1.807, 2.05) is 12.4 Å². The van der Waals surface area contributed by atoms with Gasteiger partial charge in [-0.25, -0.2) is 4.98 Å². The van der Waals surface area contributed by atoms with Crippen LogP contribution in [0, 0.1) is 0 Å². The van der Waals surface area contributed by atoms with Crippen LogP contribution in [0.3, 0.4) is 0 Å². The monoisotopic (exact) mass is 221 g/mol. The molecule has 1 unspecified atom stereocenters. The number of aromatic nitrogens is 3. The van der Waals surface area contributed by atoms with Gasteiger partial charge in [-0.2, -0.15) is 5.10 Å². The second kappa shape index (κ2) is 2.94. The number of benzene rings is 1. The van der Waals surface area contributed by atoms with E-state index in [0.717, 1.165) is 11.0 Å². The normalized spacial score (nSPS) is 17.1. The van der Waals surface area contributed by atoms with Crippen molar-refractivity contribution < 1.29 is 0 Å². The summed E-state index contributed by atoms with van der Waals surface area (Å²) in [6.45, 7) is 2.23. The zero-order valence-corrected chi connectivity index (χ0v) is 9.44. The van der Waals surface area contributed by atoms with Gasteiger partial charge in [-0.1, -0.05) is 31.2 Å². The van der Waals surface area contributed by atoms with E-state index >= 15 is 0 Å². The largest absolute Gasteiger partial charge is 0.261 e. The number of H-pyrrole nitrogens is 1. The van der Waals surface area contributed by atoms with Crippen molar-refractivity contribution in [3.63, 3.8) is 0 Å². The van der Waals surface area contributed by atoms with Crippen LogP contribution in [0.4, 0.5) is 0 Å². The van der Waals surface area contributed by atoms with E-state index in [-0.39, 0.29) is 0 Å². The molecular formula is C14H11N3.